The van der Waals surface area contributed by atoms with Crippen LogP contribution in [0.25, 0.3) is 0 Å². The predicted octanol–water partition coefficient (Wildman–Crippen LogP) is 2.39. The van der Waals surface area contributed by atoms with E-state index < -0.39 is 27.0 Å². The first-order valence-electron chi connectivity index (χ1n) is 5.80. The molecule has 0 bridgehead atoms. The van der Waals surface area contributed by atoms with Crippen LogP contribution < -0.4 is 5.32 Å². The van der Waals surface area contributed by atoms with E-state index in [0.29, 0.717) is 6.42 Å². The Labute approximate surface area is 119 Å². The van der Waals surface area contributed by atoms with E-state index in [2.05, 4.69) is 21.2 Å². The summed E-state index contributed by atoms with van der Waals surface area (Å²) in [6.45, 7) is 1.72. The molecule has 1 atom stereocenters. The summed E-state index contributed by atoms with van der Waals surface area (Å²) in [6, 6.07) is 2.48. The molecule has 3 nitrogen and oxygen atoms in total. The number of hydrogen-bond acceptors (Lipinski definition) is 3. The molecule has 1 saturated heterocycles. The molecule has 0 spiro atoms. The van der Waals surface area contributed by atoms with Gasteiger partial charge in [0, 0.05) is 17.6 Å². The molecule has 0 radical (unpaired) electrons. The molecule has 1 fully saturated rings. The molecule has 2 rings (SSSR count). The second kappa shape index (κ2) is 5.10. The van der Waals surface area contributed by atoms with Gasteiger partial charge in [-0.2, -0.15) is 0 Å². The molecule has 0 saturated carbocycles. The normalized spacial score (nSPS) is 25.7. The zero-order chi connectivity index (χ0) is 14.3. The van der Waals surface area contributed by atoms with Gasteiger partial charge in [0.2, 0.25) is 0 Å². The topological polar surface area (TPSA) is 46.2 Å². The number of halogens is 3. The molecule has 1 aromatic rings. The average Bonchev–Trinajstić information content (AvgIpc) is 2.59. The van der Waals surface area contributed by atoms with Crippen molar-refractivity contribution in [1.82, 2.24) is 5.32 Å². The van der Waals surface area contributed by atoms with Crippen LogP contribution in [0.2, 0.25) is 0 Å². The molecule has 1 aliphatic heterocycles. The van der Waals surface area contributed by atoms with Crippen molar-refractivity contribution in [3.8, 4) is 0 Å². The molecule has 0 aromatic heterocycles. The van der Waals surface area contributed by atoms with Gasteiger partial charge in [0.05, 0.1) is 16.0 Å². The Kier molecular flexibility index (Phi) is 3.99. The number of benzene rings is 1. The van der Waals surface area contributed by atoms with Gasteiger partial charge in [-0.15, -0.1) is 0 Å². The molecule has 19 heavy (non-hydrogen) atoms. The second-order valence-electron chi connectivity index (χ2n) is 5.08. The van der Waals surface area contributed by atoms with Gasteiger partial charge in [0.1, 0.15) is 11.6 Å². The summed E-state index contributed by atoms with van der Waals surface area (Å²) in [7, 11) is -3.05. The monoisotopic (exact) mass is 353 g/mol. The van der Waals surface area contributed by atoms with Crippen molar-refractivity contribution in [3.63, 3.8) is 0 Å². The molecule has 1 N–H and O–H groups in total. The van der Waals surface area contributed by atoms with E-state index >= 15 is 0 Å². The lowest BCUT2D eigenvalue weighted by molar-refractivity contribution is 0.385. The average molecular weight is 354 g/mol. The van der Waals surface area contributed by atoms with Gasteiger partial charge < -0.3 is 5.32 Å². The minimum atomic E-state index is -3.05. The molecule has 1 heterocycles. The largest absolute Gasteiger partial charge is 0.306 e. The van der Waals surface area contributed by atoms with Crippen LogP contribution >= 0.6 is 15.9 Å². The fourth-order valence-electron chi connectivity index (χ4n) is 2.18. The predicted molar refractivity (Wildman–Crippen MR) is 72.6 cm³/mol. The summed E-state index contributed by atoms with van der Waals surface area (Å²) >= 11 is 3.00. The van der Waals surface area contributed by atoms with Crippen LogP contribution in [0.4, 0.5) is 8.78 Å². The molecule has 0 aliphatic carbocycles. The Hall–Kier alpha value is -0.530. The minimum Gasteiger partial charge on any atom is -0.306 e. The Bertz CT molecular complexity index is 606. The van der Waals surface area contributed by atoms with E-state index in [1.54, 1.807) is 6.92 Å². The van der Waals surface area contributed by atoms with Crippen LogP contribution in [0.5, 0.6) is 0 Å². The molecule has 1 unspecified atom stereocenters. The van der Waals surface area contributed by atoms with E-state index in [4.69, 9.17) is 0 Å². The van der Waals surface area contributed by atoms with Gasteiger partial charge in [0.15, 0.2) is 9.84 Å². The number of nitrogens with one attached hydrogen (secondary N) is 1. The van der Waals surface area contributed by atoms with E-state index in [1.165, 1.54) is 12.1 Å². The lowest BCUT2D eigenvalue weighted by atomic mass is 10.0. The third-order valence-electron chi connectivity index (χ3n) is 3.33. The highest BCUT2D eigenvalue weighted by atomic mass is 79.9. The Morgan fingerprint density at radius 2 is 2.11 bits per heavy atom. The fraction of sp³-hybridized carbons (Fsp3) is 0.500. The number of sulfone groups is 1. The molecule has 7 heteroatoms. The molecular formula is C12H14BrF2NO2S. The van der Waals surface area contributed by atoms with Crippen molar-refractivity contribution in [2.45, 2.75) is 25.4 Å². The summed E-state index contributed by atoms with van der Waals surface area (Å²) in [6.07, 6.45) is 0.451. The summed E-state index contributed by atoms with van der Waals surface area (Å²) < 4.78 is 50.4. The molecule has 1 aliphatic rings. The number of hydrogen-bond donors (Lipinski definition) is 1. The highest BCUT2D eigenvalue weighted by Gasteiger charge is 2.38. The van der Waals surface area contributed by atoms with Crippen molar-refractivity contribution in [1.29, 1.82) is 0 Å². The Balaban J connectivity index is 2.14. The highest BCUT2D eigenvalue weighted by molar-refractivity contribution is 9.10. The smallest absolute Gasteiger partial charge is 0.152 e. The molecule has 1 aromatic carbocycles. The minimum absolute atomic E-state index is 0.00274. The van der Waals surface area contributed by atoms with Crippen LogP contribution in [-0.4, -0.2) is 25.5 Å². The zero-order valence-electron chi connectivity index (χ0n) is 10.3. The lowest BCUT2D eigenvalue weighted by Gasteiger charge is -2.24. The van der Waals surface area contributed by atoms with Crippen molar-refractivity contribution in [2.75, 3.05) is 11.5 Å². The first kappa shape index (κ1) is 14.9. The third kappa shape index (κ3) is 3.32. The second-order valence-corrected chi connectivity index (χ2v) is 8.12. The summed E-state index contributed by atoms with van der Waals surface area (Å²) in [5.41, 5.74) is -0.708. The van der Waals surface area contributed by atoms with Crippen molar-refractivity contribution in [2.24, 2.45) is 0 Å². The van der Waals surface area contributed by atoms with Gasteiger partial charge in [0.25, 0.3) is 0 Å². The van der Waals surface area contributed by atoms with Crippen LogP contribution in [0, 0.1) is 11.6 Å². The van der Waals surface area contributed by atoms with Crippen molar-refractivity contribution in [3.05, 3.63) is 33.8 Å². The van der Waals surface area contributed by atoms with E-state index in [1.807, 2.05) is 0 Å². The van der Waals surface area contributed by atoms with Gasteiger partial charge in [-0.3, -0.25) is 0 Å². The van der Waals surface area contributed by atoms with E-state index in [-0.39, 0.29) is 28.1 Å². The summed E-state index contributed by atoms with van der Waals surface area (Å²) in [5, 5.41) is 2.96. The van der Waals surface area contributed by atoms with Gasteiger partial charge in [-0.1, -0.05) is 0 Å². The Morgan fingerprint density at radius 1 is 1.42 bits per heavy atom. The molecule has 0 amide bonds. The zero-order valence-corrected chi connectivity index (χ0v) is 12.7. The molecular weight excluding hydrogens is 340 g/mol. The van der Waals surface area contributed by atoms with Gasteiger partial charge in [-0.05, 0) is 41.4 Å². The number of rotatable bonds is 3. The Morgan fingerprint density at radius 3 is 2.68 bits per heavy atom. The summed E-state index contributed by atoms with van der Waals surface area (Å²) in [5.74, 6) is -1.19. The third-order valence-corrected chi connectivity index (χ3v) is 5.85. The fourth-order valence-corrected chi connectivity index (χ4v) is 4.68. The van der Waals surface area contributed by atoms with E-state index in [0.717, 1.165) is 0 Å². The van der Waals surface area contributed by atoms with Crippen molar-refractivity contribution < 1.29 is 17.2 Å². The maximum Gasteiger partial charge on any atom is 0.152 e. The quantitative estimate of drug-likeness (QED) is 0.848. The first-order valence-corrected chi connectivity index (χ1v) is 8.42. The van der Waals surface area contributed by atoms with Crippen molar-refractivity contribution >= 4 is 25.8 Å². The highest BCUT2D eigenvalue weighted by Crippen LogP contribution is 2.25. The van der Waals surface area contributed by atoms with E-state index in [9.17, 15) is 17.2 Å². The van der Waals surface area contributed by atoms with Crippen LogP contribution in [0.3, 0.4) is 0 Å². The van der Waals surface area contributed by atoms with Crippen LogP contribution in [-0.2, 0) is 16.4 Å². The SMILES string of the molecule is CC1(NCc2c(F)ccc(Br)c2F)CCS(=O)(=O)C1. The lowest BCUT2D eigenvalue weighted by Crippen LogP contribution is -2.43. The van der Waals surface area contributed by atoms with Gasteiger partial charge >= 0.3 is 0 Å². The van der Waals surface area contributed by atoms with Crippen LogP contribution in [0.1, 0.15) is 18.9 Å². The maximum absolute atomic E-state index is 13.8. The van der Waals surface area contributed by atoms with Gasteiger partial charge in [-0.25, -0.2) is 17.2 Å². The van der Waals surface area contributed by atoms with Crippen LogP contribution in [0.15, 0.2) is 16.6 Å². The standard InChI is InChI=1S/C12H14BrF2NO2S/c1-12(4-5-19(17,18)7-12)16-6-8-10(14)3-2-9(13)11(8)15/h2-3,16H,4-7H2,1H3. The summed E-state index contributed by atoms with van der Waals surface area (Å²) in [4.78, 5) is 0. The maximum atomic E-state index is 13.8. The molecule has 106 valence electrons. The first-order chi connectivity index (χ1) is 8.72.